The molecule has 0 bridgehead atoms. The zero-order valence-corrected chi connectivity index (χ0v) is 17.5. The third-order valence-electron chi connectivity index (χ3n) is 5.21. The Kier molecular flexibility index (Phi) is 6.53. The van der Waals surface area contributed by atoms with E-state index in [2.05, 4.69) is 41.5 Å². The molecule has 0 radical (unpaired) electrons. The summed E-state index contributed by atoms with van der Waals surface area (Å²) in [6.45, 7) is 0.888. The van der Waals surface area contributed by atoms with Crippen molar-refractivity contribution in [2.75, 3.05) is 6.61 Å². The van der Waals surface area contributed by atoms with Crippen LogP contribution >= 0.6 is 0 Å². The Morgan fingerprint density at radius 2 is 1.34 bits per heavy atom. The van der Waals surface area contributed by atoms with Crippen molar-refractivity contribution in [3.63, 3.8) is 0 Å². The average Bonchev–Trinajstić information content (AvgIpc) is 3.30. The van der Waals surface area contributed by atoms with E-state index in [0.717, 1.165) is 22.9 Å². The first-order valence-electron chi connectivity index (χ1n) is 10.3. The lowest BCUT2D eigenvalue weighted by molar-refractivity contribution is -0.401. The van der Waals surface area contributed by atoms with E-state index in [1.54, 1.807) is 16.9 Å². The molecule has 4 rings (SSSR count). The fourth-order valence-electron chi connectivity index (χ4n) is 3.79. The van der Waals surface area contributed by atoms with Crippen LogP contribution in [0.5, 0.6) is 0 Å². The van der Waals surface area contributed by atoms with Crippen molar-refractivity contribution < 1.29 is 9.66 Å². The van der Waals surface area contributed by atoms with E-state index in [9.17, 15) is 10.1 Å². The predicted molar refractivity (Wildman–Crippen MR) is 123 cm³/mol. The van der Waals surface area contributed by atoms with Crippen molar-refractivity contribution in [2.45, 2.75) is 12.1 Å². The lowest BCUT2D eigenvalue weighted by Crippen LogP contribution is -2.34. The normalized spacial score (nSPS) is 11.6. The fraction of sp³-hybridized carbons (Fsp3) is 0.115. The number of ether oxygens (including phenoxy) is 1. The number of hydrogen-bond donors (Lipinski definition) is 0. The highest BCUT2D eigenvalue weighted by atomic mass is 16.6. The lowest BCUT2D eigenvalue weighted by Gasteiger charge is -2.36. The van der Waals surface area contributed by atoms with Gasteiger partial charge in [-0.2, -0.15) is 5.10 Å². The number of rotatable bonds is 9. The van der Waals surface area contributed by atoms with Gasteiger partial charge in [-0.25, -0.2) is 0 Å². The smallest absolute Gasteiger partial charge is 0.236 e. The van der Waals surface area contributed by atoms with Gasteiger partial charge in [0.2, 0.25) is 6.20 Å². The minimum atomic E-state index is -0.786. The fourth-order valence-corrected chi connectivity index (χ4v) is 3.79. The van der Waals surface area contributed by atoms with Crippen molar-refractivity contribution in [1.29, 1.82) is 0 Å². The molecule has 0 N–H and O–H groups in total. The van der Waals surface area contributed by atoms with Crippen molar-refractivity contribution in [1.82, 2.24) is 9.78 Å². The molecule has 6 nitrogen and oxygen atoms in total. The first-order chi connectivity index (χ1) is 15.7. The molecule has 0 saturated heterocycles. The Labute approximate surface area is 186 Å². The molecule has 0 saturated carbocycles. The molecule has 0 aliphatic carbocycles. The number of nitro groups is 1. The second-order valence-corrected chi connectivity index (χ2v) is 7.23. The van der Waals surface area contributed by atoms with Gasteiger partial charge in [-0.1, -0.05) is 91.0 Å². The van der Waals surface area contributed by atoms with E-state index in [1.165, 1.54) is 6.08 Å². The minimum absolute atomic E-state index is 0.388. The second kappa shape index (κ2) is 9.85. The summed E-state index contributed by atoms with van der Waals surface area (Å²) in [6, 6.07) is 32.3. The van der Waals surface area contributed by atoms with Gasteiger partial charge >= 0.3 is 0 Å². The highest BCUT2D eigenvalue weighted by molar-refractivity contribution is 5.47. The van der Waals surface area contributed by atoms with Crippen LogP contribution in [0.2, 0.25) is 0 Å². The molecule has 0 fully saturated rings. The van der Waals surface area contributed by atoms with E-state index >= 15 is 0 Å². The number of nitrogens with zero attached hydrogens (tertiary/aromatic N) is 3. The van der Waals surface area contributed by atoms with Crippen LogP contribution in [-0.4, -0.2) is 21.3 Å². The maximum absolute atomic E-state index is 10.5. The van der Waals surface area contributed by atoms with E-state index in [0.29, 0.717) is 18.8 Å². The van der Waals surface area contributed by atoms with E-state index in [1.807, 2.05) is 54.6 Å². The van der Waals surface area contributed by atoms with Gasteiger partial charge in [-0.05, 0) is 22.8 Å². The highest BCUT2D eigenvalue weighted by Crippen LogP contribution is 2.40. The van der Waals surface area contributed by atoms with Crippen molar-refractivity contribution in [3.05, 3.63) is 142 Å². The zero-order valence-electron chi connectivity index (χ0n) is 17.5. The maximum Gasteiger partial charge on any atom is 0.236 e. The van der Waals surface area contributed by atoms with Crippen LogP contribution in [0, 0.1) is 10.1 Å². The Balaban J connectivity index is 1.67. The average molecular weight is 425 g/mol. The molecule has 32 heavy (non-hydrogen) atoms. The van der Waals surface area contributed by atoms with Crippen LogP contribution in [0.25, 0.3) is 6.08 Å². The van der Waals surface area contributed by atoms with E-state index < -0.39 is 10.5 Å². The van der Waals surface area contributed by atoms with Crippen LogP contribution < -0.4 is 0 Å². The van der Waals surface area contributed by atoms with E-state index in [-0.39, 0.29) is 0 Å². The minimum Gasteiger partial charge on any atom is -0.359 e. The highest BCUT2D eigenvalue weighted by Gasteiger charge is 2.37. The third-order valence-corrected chi connectivity index (χ3v) is 5.21. The second-order valence-electron chi connectivity index (χ2n) is 7.23. The van der Waals surface area contributed by atoms with E-state index in [4.69, 9.17) is 4.74 Å². The summed E-state index contributed by atoms with van der Waals surface area (Å²) in [5, 5.41) is 14.9. The standard InChI is InChI=1S/C26H23N3O3/c30-29(31)19-17-25-16-18-28(27-25)20-21-32-26(22-10-4-1-5-11-22,23-12-6-2-7-13-23)24-14-8-3-9-15-24/h1-19H,20-21H2/b19-17+. The number of benzene rings is 3. The van der Waals surface area contributed by atoms with Gasteiger partial charge in [0.15, 0.2) is 0 Å². The molecule has 0 atom stereocenters. The molecule has 1 heterocycles. The van der Waals surface area contributed by atoms with Crippen LogP contribution in [0.1, 0.15) is 22.4 Å². The Morgan fingerprint density at radius 3 is 1.81 bits per heavy atom. The first kappa shape index (κ1) is 21.2. The summed E-state index contributed by atoms with van der Waals surface area (Å²) in [5.74, 6) is 0. The molecule has 0 aliphatic heterocycles. The van der Waals surface area contributed by atoms with Crippen LogP contribution in [0.15, 0.2) is 109 Å². The molecule has 0 unspecified atom stereocenters. The molecule has 1 aromatic heterocycles. The summed E-state index contributed by atoms with van der Waals surface area (Å²) in [7, 11) is 0. The lowest BCUT2D eigenvalue weighted by atomic mass is 9.80. The summed E-state index contributed by atoms with van der Waals surface area (Å²) in [5.41, 5.74) is 2.85. The number of aromatic nitrogens is 2. The molecule has 3 aromatic carbocycles. The van der Waals surface area contributed by atoms with Crippen LogP contribution in [0.3, 0.4) is 0 Å². The van der Waals surface area contributed by atoms with Crippen molar-refractivity contribution in [2.24, 2.45) is 0 Å². The summed E-state index contributed by atoms with van der Waals surface area (Å²) < 4.78 is 8.44. The SMILES string of the molecule is O=[N+]([O-])/C=C/c1ccn(CCOC(c2ccccc2)(c2ccccc2)c2ccccc2)n1. The van der Waals surface area contributed by atoms with Crippen LogP contribution in [-0.2, 0) is 16.9 Å². The van der Waals surface area contributed by atoms with Gasteiger partial charge in [0, 0.05) is 12.3 Å². The van der Waals surface area contributed by atoms with Gasteiger partial charge in [0.05, 0.1) is 23.8 Å². The maximum atomic E-state index is 10.5. The monoisotopic (exact) mass is 425 g/mol. The van der Waals surface area contributed by atoms with Gasteiger partial charge in [0.25, 0.3) is 0 Å². The topological polar surface area (TPSA) is 70.2 Å². The van der Waals surface area contributed by atoms with Gasteiger partial charge in [-0.3, -0.25) is 14.8 Å². The molecule has 160 valence electrons. The molecule has 6 heteroatoms. The van der Waals surface area contributed by atoms with Crippen molar-refractivity contribution in [3.8, 4) is 0 Å². The van der Waals surface area contributed by atoms with Gasteiger partial charge in [0.1, 0.15) is 5.60 Å². The van der Waals surface area contributed by atoms with Crippen LogP contribution in [0.4, 0.5) is 0 Å². The predicted octanol–water partition coefficient (Wildman–Crippen LogP) is 5.14. The summed E-state index contributed by atoms with van der Waals surface area (Å²) in [4.78, 5) is 10.0. The zero-order chi connectivity index (χ0) is 22.2. The Hall–Kier alpha value is -4.03. The molecule has 0 amide bonds. The molecule has 0 aliphatic rings. The molecule has 0 spiro atoms. The molecule has 4 aromatic rings. The van der Waals surface area contributed by atoms with Gasteiger partial charge in [-0.15, -0.1) is 0 Å². The first-order valence-corrected chi connectivity index (χ1v) is 10.3. The summed E-state index contributed by atoms with van der Waals surface area (Å²) in [6.07, 6.45) is 4.05. The van der Waals surface area contributed by atoms with Gasteiger partial charge < -0.3 is 4.74 Å². The largest absolute Gasteiger partial charge is 0.359 e. The Bertz CT molecular complexity index is 1080. The number of hydrogen-bond acceptors (Lipinski definition) is 4. The molecular formula is C26H23N3O3. The molecular weight excluding hydrogens is 402 g/mol. The third kappa shape index (κ3) is 4.66. The Morgan fingerprint density at radius 1 is 0.844 bits per heavy atom. The van der Waals surface area contributed by atoms with Crippen molar-refractivity contribution >= 4 is 6.08 Å². The quantitative estimate of drug-likeness (QED) is 0.212. The summed E-state index contributed by atoms with van der Waals surface area (Å²) >= 11 is 0.